The number of ether oxygens (including phenoxy) is 2. The Kier molecular flexibility index (Phi) is 8.02. The van der Waals surface area contributed by atoms with Gasteiger partial charge in [0.25, 0.3) is 0 Å². The Hall–Kier alpha value is -1.67. The van der Waals surface area contributed by atoms with Crippen LogP contribution in [0.5, 0.6) is 0 Å². The summed E-state index contributed by atoms with van der Waals surface area (Å²) in [5.41, 5.74) is -0.400. The number of hydrogen-bond acceptors (Lipinski definition) is 7. The van der Waals surface area contributed by atoms with Crippen LogP contribution in [0.3, 0.4) is 0 Å². The van der Waals surface area contributed by atoms with Crippen molar-refractivity contribution in [2.45, 2.75) is 65.7 Å². The molecule has 0 saturated heterocycles. The topological polar surface area (TPSA) is 89.0 Å². The zero-order valence-electron chi connectivity index (χ0n) is 16.6. The van der Waals surface area contributed by atoms with Gasteiger partial charge in [-0.1, -0.05) is 13.8 Å². The molecule has 1 unspecified atom stereocenters. The van der Waals surface area contributed by atoms with Crippen LogP contribution in [0.2, 0.25) is 0 Å². The number of thiazole rings is 1. The molecule has 0 saturated carbocycles. The van der Waals surface area contributed by atoms with Gasteiger partial charge >= 0.3 is 12.1 Å². The molecule has 0 radical (unpaired) electrons. The van der Waals surface area contributed by atoms with Gasteiger partial charge in [0.05, 0.1) is 6.61 Å². The van der Waals surface area contributed by atoms with E-state index in [1.54, 1.807) is 19.4 Å². The van der Waals surface area contributed by atoms with E-state index in [2.05, 4.69) is 4.98 Å². The normalized spacial score (nSPS) is 14.0. The number of hydrogen-bond donors (Lipinski definition) is 1. The highest BCUT2D eigenvalue weighted by molar-refractivity contribution is 7.09. The van der Waals surface area contributed by atoms with E-state index in [1.807, 2.05) is 34.6 Å². The second kappa shape index (κ2) is 9.32. The van der Waals surface area contributed by atoms with E-state index in [-0.39, 0.29) is 24.3 Å². The quantitative estimate of drug-likeness (QED) is 0.720. The van der Waals surface area contributed by atoms with Crippen LogP contribution in [0.4, 0.5) is 4.79 Å². The lowest BCUT2D eigenvalue weighted by Crippen LogP contribution is -2.44. The molecular formula is C18H30N2O5S. The van der Waals surface area contributed by atoms with Gasteiger partial charge in [-0.05, 0) is 33.6 Å². The number of esters is 1. The van der Waals surface area contributed by atoms with Gasteiger partial charge in [-0.2, -0.15) is 0 Å². The van der Waals surface area contributed by atoms with Crippen LogP contribution in [0.1, 0.15) is 69.6 Å². The molecule has 7 nitrogen and oxygen atoms in total. The molecule has 2 atom stereocenters. The molecule has 0 aliphatic carbocycles. The lowest BCUT2D eigenvalue weighted by atomic mass is 9.97. The molecule has 1 rings (SSSR count). The lowest BCUT2D eigenvalue weighted by molar-refractivity contribution is 0.0106. The Morgan fingerprint density at radius 3 is 2.46 bits per heavy atom. The number of amides is 1. The van der Waals surface area contributed by atoms with Crippen LogP contribution in [0.25, 0.3) is 0 Å². The Morgan fingerprint density at radius 2 is 1.96 bits per heavy atom. The number of carbonyl (C=O) groups excluding carboxylic acids is 2. The maximum Gasteiger partial charge on any atom is 0.410 e. The first-order valence-corrected chi connectivity index (χ1v) is 9.60. The first kappa shape index (κ1) is 22.4. The standard InChI is InChI=1S/C18H30N2O5S/c1-8-24-16(22)12-10-26-15(19-12)14(21)9-13(11(2)3)20(7)17(23)25-18(4,5)6/h10-11,13-14,21H,8-9H2,1-7H3/t13?,14-/m0/s1. The van der Waals surface area contributed by atoms with E-state index in [4.69, 9.17) is 9.47 Å². The minimum absolute atomic E-state index is 0.103. The number of carbonyl (C=O) groups is 2. The van der Waals surface area contributed by atoms with Crippen molar-refractivity contribution in [3.05, 3.63) is 16.1 Å². The monoisotopic (exact) mass is 386 g/mol. The van der Waals surface area contributed by atoms with Gasteiger partial charge in [-0.15, -0.1) is 11.3 Å². The Balaban J connectivity index is 2.83. The van der Waals surface area contributed by atoms with Gasteiger partial charge in [-0.25, -0.2) is 14.6 Å². The highest BCUT2D eigenvalue weighted by atomic mass is 32.1. The number of rotatable bonds is 7. The molecule has 1 amide bonds. The summed E-state index contributed by atoms with van der Waals surface area (Å²) in [6.07, 6.45) is -1.03. The molecule has 0 aromatic carbocycles. The van der Waals surface area contributed by atoms with E-state index in [0.29, 0.717) is 11.4 Å². The minimum atomic E-state index is -0.888. The summed E-state index contributed by atoms with van der Waals surface area (Å²) in [7, 11) is 1.66. The predicted molar refractivity (Wildman–Crippen MR) is 100 cm³/mol. The van der Waals surface area contributed by atoms with Gasteiger partial charge < -0.3 is 19.5 Å². The second-order valence-corrected chi connectivity index (χ2v) is 8.34. The predicted octanol–water partition coefficient (Wildman–Crippen LogP) is 3.63. The molecule has 0 spiro atoms. The van der Waals surface area contributed by atoms with Crippen LogP contribution in [-0.4, -0.2) is 52.4 Å². The first-order valence-electron chi connectivity index (χ1n) is 8.72. The van der Waals surface area contributed by atoms with Crippen LogP contribution in [0.15, 0.2) is 5.38 Å². The summed E-state index contributed by atoms with van der Waals surface area (Å²) in [6, 6.07) is -0.241. The number of aliphatic hydroxyl groups is 1. The highest BCUT2D eigenvalue weighted by Crippen LogP contribution is 2.27. The maximum absolute atomic E-state index is 12.3. The third-order valence-corrected chi connectivity index (χ3v) is 4.65. The number of aromatic nitrogens is 1. The molecule has 0 fully saturated rings. The van der Waals surface area contributed by atoms with Crippen molar-refractivity contribution in [2.75, 3.05) is 13.7 Å². The highest BCUT2D eigenvalue weighted by Gasteiger charge is 2.30. The largest absolute Gasteiger partial charge is 0.461 e. The summed E-state index contributed by atoms with van der Waals surface area (Å²) in [5, 5.41) is 12.5. The SMILES string of the molecule is CCOC(=O)c1csc([C@@H](O)CC(C(C)C)N(C)C(=O)OC(C)(C)C)n1. The molecule has 0 bridgehead atoms. The van der Waals surface area contributed by atoms with Gasteiger partial charge in [0.1, 0.15) is 16.7 Å². The smallest absolute Gasteiger partial charge is 0.410 e. The molecule has 1 heterocycles. The molecule has 1 aromatic rings. The van der Waals surface area contributed by atoms with Crippen molar-refractivity contribution in [1.29, 1.82) is 0 Å². The summed E-state index contributed by atoms with van der Waals surface area (Å²) in [5.74, 6) is -0.403. The fourth-order valence-electron chi connectivity index (χ4n) is 2.42. The van der Waals surface area contributed by atoms with Crippen molar-refractivity contribution >= 4 is 23.4 Å². The maximum atomic E-state index is 12.3. The van der Waals surface area contributed by atoms with Gasteiger partial charge in [-0.3, -0.25) is 0 Å². The lowest BCUT2D eigenvalue weighted by Gasteiger charge is -2.34. The molecule has 8 heteroatoms. The van der Waals surface area contributed by atoms with Crippen molar-refractivity contribution in [3.63, 3.8) is 0 Å². The molecule has 148 valence electrons. The van der Waals surface area contributed by atoms with E-state index < -0.39 is 23.8 Å². The summed E-state index contributed by atoms with van der Waals surface area (Å²) in [6.45, 7) is 11.4. The zero-order chi connectivity index (χ0) is 20.1. The van der Waals surface area contributed by atoms with Crippen LogP contribution >= 0.6 is 11.3 Å². The Bertz CT molecular complexity index is 609. The third kappa shape index (κ3) is 6.57. The van der Waals surface area contributed by atoms with E-state index in [0.717, 1.165) is 0 Å². The summed E-state index contributed by atoms with van der Waals surface area (Å²) < 4.78 is 10.3. The minimum Gasteiger partial charge on any atom is -0.461 e. The average molecular weight is 387 g/mol. The summed E-state index contributed by atoms with van der Waals surface area (Å²) in [4.78, 5) is 29.7. The first-order chi connectivity index (χ1) is 12.0. The van der Waals surface area contributed by atoms with Gasteiger partial charge in [0.15, 0.2) is 5.69 Å². The van der Waals surface area contributed by atoms with Crippen molar-refractivity contribution in [1.82, 2.24) is 9.88 Å². The van der Waals surface area contributed by atoms with Crippen molar-refractivity contribution in [3.8, 4) is 0 Å². The van der Waals surface area contributed by atoms with E-state index in [9.17, 15) is 14.7 Å². The molecule has 1 aromatic heterocycles. The molecule has 0 aliphatic heterocycles. The van der Waals surface area contributed by atoms with Gasteiger partial charge in [0.2, 0.25) is 0 Å². The van der Waals surface area contributed by atoms with Crippen molar-refractivity contribution in [2.24, 2.45) is 5.92 Å². The van der Waals surface area contributed by atoms with Crippen LogP contribution < -0.4 is 0 Å². The molecule has 0 aliphatic rings. The molecular weight excluding hydrogens is 356 g/mol. The Morgan fingerprint density at radius 1 is 1.35 bits per heavy atom. The average Bonchev–Trinajstić information content (AvgIpc) is 3.00. The summed E-state index contributed by atoms with van der Waals surface area (Å²) >= 11 is 1.20. The van der Waals surface area contributed by atoms with Crippen LogP contribution in [-0.2, 0) is 9.47 Å². The fourth-order valence-corrected chi connectivity index (χ4v) is 3.20. The number of nitrogens with zero attached hydrogens (tertiary/aromatic N) is 2. The fraction of sp³-hybridized carbons (Fsp3) is 0.722. The van der Waals surface area contributed by atoms with E-state index >= 15 is 0 Å². The Labute approximate surface area is 159 Å². The van der Waals surface area contributed by atoms with E-state index in [1.165, 1.54) is 16.2 Å². The second-order valence-electron chi connectivity index (χ2n) is 7.45. The van der Waals surface area contributed by atoms with Gasteiger partial charge in [0, 0.05) is 24.9 Å². The molecule has 1 N–H and O–H groups in total. The van der Waals surface area contributed by atoms with Crippen LogP contribution in [0, 0.1) is 5.92 Å². The molecule has 26 heavy (non-hydrogen) atoms. The number of aliphatic hydroxyl groups excluding tert-OH is 1. The zero-order valence-corrected chi connectivity index (χ0v) is 17.4. The third-order valence-electron chi connectivity index (χ3n) is 3.70. The van der Waals surface area contributed by atoms with Crippen molar-refractivity contribution < 1.29 is 24.2 Å².